The van der Waals surface area contributed by atoms with Gasteiger partial charge < -0.3 is 5.11 Å². The highest BCUT2D eigenvalue weighted by molar-refractivity contribution is 5.77. The molecule has 1 aromatic carbocycles. The Bertz CT molecular complexity index is 587. The van der Waals surface area contributed by atoms with Crippen LogP contribution in [-0.4, -0.2) is 20.8 Å². The first kappa shape index (κ1) is 11.8. The molecular formula is C13H16N2O2. The first-order valence-corrected chi connectivity index (χ1v) is 5.72. The summed E-state index contributed by atoms with van der Waals surface area (Å²) in [5.74, 6) is 0. The summed E-state index contributed by atoms with van der Waals surface area (Å²) in [6.45, 7) is 4.16. The van der Waals surface area contributed by atoms with E-state index in [4.69, 9.17) is 0 Å². The minimum Gasteiger partial charge on any atom is -0.393 e. The molecule has 4 heteroatoms. The molecule has 0 fully saturated rings. The molecule has 17 heavy (non-hydrogen) atoms. The molecule has 0 aliphatic carbocycles. The molecule has 90 valence electrons. The van der Waals surface area contributed by atoms with Crippen molar-refractivity contribution < 1.29 is 5.11 Å². The van der Waals surface area contributed by atoms with Gasteiger partial charge in [-0.15, -0.1) is 0 Å². The van der Waals surface area contributed by atoms with E-state index in [1.807, 2.05) is 25.1 Å². The van der Waals surface area contributed by atoms with Gasteiger partial charge >= 0.3 is 0 Å². The molecule has 0 bridgehead atoms. The van der Waals surface area contributed by atoms with Crippen molar-refractivity contribution in [3.63, 3.8) is 0 Å². The zero-order chi connectivity index (χ0) is 12.4. The molecule has 0 unspecified atom stereocenters. The molecule has 2 aromatic rings. The number of rotatable bonds is 3. The van der Waals surface area contributed by atoms with E-state index in [9.17, 15) is 9.90 Å². The molecule has 0 aliphatic rings. The van der Waals surface area contributed by atoms with Gasteiger partial charge in [-0.3, -0.25) is 9.36 Å². The highest BCUT2D eigenvalue weighted by Gasteiger charge is 2.05. The van der Waals surface area contributed by atoms with E-state index in [-0.39, 0.29) is 5.56 Å². The highest BCUT2D eigenvalue weighted by Crippen LogP contribution is 2.09. The lowest BCUT2D eigenvalue weighted by atomic mass is 10.2. The Labute approximate surface area is 99.5 Å². The number of aromatic nitrogens is 2. The molecule has 1 aromatic heterocycles. The quantitative estimate of drug-likeness (QED) is 0.872. The summed E-state index contributed by atoms with van der Waals surface area (Å²) in [6.07, 6.45) is 1.69. The average molecular weight is 232 g/mol. The number of benzene rings is 1. The van der Waals surface area contributed by atoms with Crippen LogP contribution in [0.25, 0.3) is 10.9 Å². The zero-order valence-corrected chi connectivity index (χ0v) is 10.1. The molecule has 0 saturated heterocycles. The van der Waals surface area contributed by atoms with Gasteiger partial charge in [0.05, 0.1) is 23.3 Å². The fourth-order valence-corrected chi connectivity index (χ4v) is 1.76. The predicted molar refractivity (Wildman–Crippen MR) is 67.0 cm³/mol. The SMILES string of the molecule is Cc1ccc2ncn(CC[C@H](C)O)c(=O)c2c1. The lowest BCUT2D eigenvalue weighted by Gasteiger charge is -2.08. The number of aliphatic hydroxyl groups is 1. The van der Waals surface area contributed by atoms with E-state index in [2.05, 4.69) is 4.98 Å². The Balaban J connectivity index is 2.46. The maximum atomic E-state index is 12.1. The van der Waals surface area contributed by atoms with Crippen molar-refractivity contribution in [1.82, 2.24) is 9.55 Å². The second-order valence-corrected chi connectivity index (χ2v) is 4.40. The average Bonchev–Trinajstić information content (AvgIpc) is 2.29. The van der Waals surface area contributed by atoms with Crippen LogP contribution in [0.1, 0.15) is 18.9 Å². The number of nitrogens with zero attached hydrogens (tertiary/aromatic N) is 2. The molecule has 2 rings (SSSR count). The Morgan fingerprint density at radius 1 is 1.47 bits per heavy atom. The van der Waals surface area contributed by atoms with Crippen LogP contribution < -0.4 is 5.56 Å². The van der Waals surface area contributed by atoms with Crippen molar-refractivity contribution >= 4 is 10.9 Å². The van der Waals surface area contributed by atoms with Crippen LogP contribution in [0, 0.1) is 6.92 Å². The standard InChI is InChI=1S/C13H16N2O2/c1-9-3-4-12-11(7-9)13(17)15(8-14-12)6-5-10(2)16/h3-4,7-8,10,16H,5-6H2,1-2H3/t10-/m0/s1. The fourth-order valence-electron chi connectivity index (χ4n) is 1.76. The summed E-state index contributed by atoms with van der Waals surface area (Å²) in [7, 11) is 0. The summed E-state index contributed by atoms with van der Waals surface area (Å²) >= 11 is 0. The third-order valence-electron chi connectivity index (χ3n) is 2.77. The number of aryl methyl sites for hydroxylation is 2. The molecule has 0 amide bonds. The van der Waals surface area contributed by atoms with Gasteiger partial charge in [-0.1, -0.05) is 11.6 Å². The van der Waals surface area contributed by atoms with Gasteiger partial charge in [-0.25, -0.2) is 4.98 Å². The lowest BCUT2D eigenvalue weighted by molar-refractivity contribution is 0.177. The third-order valence-corrected chi connectivity index (χ3v) is 2.77. The van der Waals surface area contributed by atoms with Crippen LogP contribution in [0.15, 0.2) is 29.3 Å². The summed E-state index contributed by atoms with van der Waals surface area (Å²) in [6, 6.07) is 5.64. The van der Waals surface area contributed by atoms with Gasteiger partial charge in [0, 0.05) is 6.54 Å². The van der Waals surface area contributed by atoms with Crippen LogP contribution in [0.3, 0.4) is 0 Å². The summed E-state index contributed by atoms with van der Waals surface area (Å²) < 4.78 is 1.55. The number of hydrogen-bond donors (Lipinski definition) is 1. The van der Waals surface area contributed by atoms with Crippen molar-refractivity contribution in [3.8, 4) is 0 Å². The van der Waals surface area contributed by atoms with Crippen LogP contribution in [-0.2, 0) is 6.54 Å². The fraction of sp³-hybridized carbons (Fsp3) is 0.385. The first-order valence-electron chi connectivity index (χ1n) is 5.72. The van der Waals surface area contributed by atoms with Gasteiger partial charge in [0.15, 0.2) is 0 Å². The molecule has 1 heterocycles. The normalized spacial score (nSPS) is 12.9. The molecule has 1 atom stereocenters. The van der Waals surface area contributed by atoms with E-state index >= 15 is 0 Å². The maximum Gasteiger partial charge on any atom is 0.261 e. The lowest BCUT2D eigenvalue weighted by Crippen LogP contribution is -2.22. The molecular weight excluding hydrogens is 216 g/mol. The Hall–Kier alpha value is -1.68. The molecule has 0 saturated carbocycles. The third kappa shape index (κ3) is 2.53. The van der Waals surface area contributed by atoms with Gasteiger partial charge in [-0.05, 0) is 32.4 Å². The van der Waals surface area contributed by atoms with E-state index in [0.29, 0.717) is 23.9 Å². The van der Waals surface area contributed by atoms with E-state index < -0.39 is 6.10 Å². The second-order valence-electron chi connectivity index (χ2n) is 4.40. The topological polar surface area (TPSA) is 55.1 Å². The Morgan fingerprint density at radius 3 is 2.94 bits per heavy atom. The van der Waals surface area contributed by atoms with Crippen LogP contribution in [0.4, 0.5) is 0 Å². The van der Waals surface area contributed by atoms with Gasteiger partial charge in [-0.2, -0.15) is 0 Å². The second kappa shape index (κ2) is 4.67. The van der Waals surface area contributed by atoms with Crippen molar-refractivity contribution in [2.45, 2.75) is 32.9 Å². The largest absolute Gasteiger partial charge is 0.393 e. The van der Waals surface area contributed by atoms with Gasteiger partial charge in [0.2, 0.25) is 0 Å². The zero-order valence-electron chi connectivity index (χ0n) is 10.1. The summed E-state index contributed by atoms with van der Waals surface area (Å²) in [5, 5.41) is 9.86. The first-order chi connectivity index (χ1) is 8.08. The molecule has 4 nitrogen and oxygen atoms in total. The predicted octanol–water partition coefficient (Wildman–Crippen LogP) is 1.48. The summed E-state index contributed by atoms with van der Waals surface area (Å²) in [5.41, 5.74) is 1.72. The van der Waals surface area contributed by atoms with Gasteiger partial charge in [0.1, 0.15) is 0 Å². The number of aliphatic hydroxyl groups excluding tert-OH is 1. The smallest absolute Gasteiger partial charge is 0.261 e. The van der Waals surface area contributed by atoms with E-state index in [1.165, 1.54) is 0 Å². The van der Waals surface area contributed by atoms with E-state index in [1.54, 1.807) is 17.8 Å². The van der Waals surface area contributed by atoms with Crippen molar-refractivity contribution in [2.75, 3.05) is 0 Å². The van der Waals surface area contributed by atoms with Crippen molar-refractivity contribution in [3.05, 3.63) is 40.4 Å². The van der Waals surface area contributed by atoms with Crippen LogP contribution in [0.5, 0.6) is 0 Å². The van der Waals surface area contributed by atoms with Crippen molar-refractivity contribution in [1.29, 1.82) is 0 Å². The minimum absolute atomic E-state index is 0.0423. The van der Waals surface area contributed by atoms with Gasteiger partial charge in [0.25, 0.3) is 5.56 Å². The molecule has 1 N–H and O–H groups in total. The monoisotopic (exact) mass is 232 g/mol. The highest BCUT2D eigenvalue weighted by atomic mass is 16.3. The van der Waals surface area contributed by atoms with E-state index in [0.717, 1.165) is 5.56 Å². The molecule has 0 aliphatic heterocycles. The van der Waals surface area contributed by atoms with Crippen molar-refractivity contribution in [2.24, 2.45) is 0 Å². The summed E-state index contributed by atoms with van der Waals surface area (Å²) in [4.78, 5) is 16.4. The van der Waals surface area contributed by atoms with Crippen LogP contribution >= 0.6 is 0 Å². The molecule has 0 spiro atoms. The number of hydrogen-bond acceptors (Lipinski definition) is 3. The van der Waals surface area contributed by atoms with Crippen LogP contribution in [0.2, 0.25) is 0 Å². The molecule has 0 radical (unpaired) electrons. The Morgan fingerprint density at radius 2 is 2.24 bits per heavy atom. The maximum absolute atomic E-state index is 12.1. The number of fused-ring (bicyclic) bond motifs is 1. The minimum atomic E-state index is -0.407. The Kier molecular flexibility index (Phi) is 3.24.